The van der Waals surface area contributed by atoms with Gasteiger partial charge in [0.25, 0.3) is 0 Å². The summed E-state index contributed by atoms with van der Waals surface area (Å²) in [5, 5.41) is 3.14. The van der Waals surface area contributed by atoms with Gasteiger partial charge in [-0.1, -0.05) is 0 Å². The van der Waals surface area contributed by atoms with Crippen molar-refractivity contribution in [2.45, 2.75) is 32.2 Å². The summed E-state index contributed by atoms with van der Waals surface area (Å²) in [6.45, 7) is 3.64. The molecule has 0 amide bonds. The predicted octanol–water partition coefficient (Wildman–Crippen LogP) is 3.17. The van der Waals surface area contributed by atoms with Crippen molar-refractivity contribution in [3.8, 4) is 0 Å². The molecule has 0 aliphatic carbocycles. The second kappa shape index (κ2) is 5.65. The Kier molecular flexibility index (Phi) is 4.17. The van der Waals surface area contributed by atoms with Gasteiger partial charge in [0.1, 0.15) is 11.6 Å². The third-order valence-electron chi connectivity index (χ3n) is 3.56. The molecule has 18 heavy (non-hydrogen) atoms. The molecule has 0 aromatic heterocycles. The first-order valence-corrected chi connectivity index (χ1v) is 6.47. The summed E-state index contributed by atoms with van der Waals surface area (Å²) in [6, 6.07) is 2.74. The highest BCUT2D eigenvalue weighted by atomic mass is 19.1. The Morgan fingerprint density at radius 1 is 1.17 bits per heavy atom. The zero-order chi connectivity index (χ0) is 13.1. The van der Waals surface area contributed by atoms with Crippen LogP contribution >= 0.6 is 0 Å². The van der Waals surface area contributed by atoms with E-state index in [0.717, 1.165) is 32.4 Å². The minimum atomic E-state index is -0.369. The second-order valence-corrected chi connectivity index (χ2v) is 5.16. The lowest BCUT2D eigenvalue weighted by Gasteiger charge is -2.19. The summed E-state index contributed by atoms with van der Waals surface area (Å²) in [5.74, 6) is -0.726. The first-order chi connectivity index (χ1) is 8.56. The van der Waals surface area contributed by atoms with Crippen molar-refractivity contribution >= 4 is 5.69 Å². The van der Waals surface area contributed by atoms with Crippen molar-refractivity contribution in [3.05, 3.63) is 29.3 Å². The maximum Gasteiger partial charge on any atom is 0.146 e. The Morgan fingerprint density at radius 3 is 2.72 bits per heavy atom. The van der Waals surface area contributed by atoms with Gasteiger partial charge in [0.15, 0.2) is 0 Å². The molecular formula is C14H20F2N2. The standard InChI is InChI=1S/C14H20F2N2/c1-10-8-13(16)14(9-12(10)15)17-11-4-3-6-18(2)7-5-11/h8-9,11,17H,3-7H2,1-2H3. The third-order valence-corrected chi connectivity index (χ3v) is 3.56. The number of nitrogens with one attached hydrogen (secondary N) is 1. The van der Waals surface area contributed by atoms with Crippen LogP contribution in [0.4, 0.5) is 14.5 Å². The van der Waals surface area contributed by atoms with Crippen molar-refractivity contribution in [2.75, 3.05) is 25.5 Å². The van der Waals surface area contributed by atoms with Crippen molar-refractivity contribution in [1.82, 2.24) is 4.90 Å². The number of likely N-dealkylation sites (tertiary alicyclic amines) is 1. The molecule has 1 aromatic carbocycles. The minimum Gasteiger partial charge on any atom is -0.380 e. The van der Waals surface area contributed by atoms with Crippen LogP contribution in [-0.4, -0.2) is 31.1 Å². The van der Waals surface area contributed by atoms with Gasteiger partial charge in [-0.25, -0.2) is 8.78 Å². The van der Waals surface area contributed by atoms with Gasteiger partial charge < -0.3 is 10.2 Å². The molecule has 2 nitrogen and oxygen atoms in total. The predicted molar refractivity (Wildman–Crippen MR) is 69.9 cm³/mol. The highest BCUT2D eigenvalue weighted by molar-refractivity contribution is 5.47. The lowest BCUT2D eigenvalue weighted by atomic mass is 10.1. The first-order valence-electron chi connectivity index (χ1n) is 6.47. The van der Waals surface area contributed by atoms with Crippen LogP contribution in [0.25, 0.3) is 0 Å². The van der Waals surface area contributed by atoms with Crippen LogP contribution in [0.15, 0.2) is 12.1 Å². The molecule has 1 saturated heterocycles. The van der Waals surface area contributed by atoms with Crippen LogP contribution in [0.5, 0.6) is 0 Å². The number of anilines is 1. The fourth-order valence-electron chi connectivity index (χ4n) is 2.36. The maximum absolute atomic E-state index is 13.7. The van der Waals surface area contributed by atoms with Gasteiger partial charge in [0.2, 0.25) is 0 Å². The largest absolute Gasteiger partial charge is 0.380 e. The maximum atomic E-state index is 13.7. The highest BCUT2D eigenvalue weighted by Crippen LogP contribution is 2.22. The molecule has 0 bridgehead atoms. The molecule has 1 aliphatic heterocycles. The van der Waals surface area contributed by atoms with E-state index in [2.05, 4.69) is 17.3 Å². The van der Waals surface area contributed by atoms with Crippen molar-refractivity contribution in [3.63, 3.8) is 0 Å². The molecule has 0 saturated carbocycles. The number of rotatable bonds is 2. The quantitative estimate of drug-likeness (QED) is 0.872. The smallest absolute Gasteiger partial charge is 0.146 e. The van der Waals surface area contributed by atoms with E-state index in [-0.39, 0.29) is 23.4 Å². The SMILES string of the molecule is Cc1cc(F)c(NC2CCCN(C)CC2)cc1F. The number of hydrogen-bond donors (Lipinski definition) is 1. The summed E-state index contributed by atoms with van der Waals surface area (Å²) >= 11 is 0. The van der Waals surface area contributed by atoms with Gasteiger partial charge in [-0.15, -0.1) is 0 Å². The molecule has 100 valence electrons. The number of benzene rings is 1. The molecule has 1 atom stereocenters. The topological polar surface area (TPSA) is 15.3 Å². The van der Waals surface area contributed by atoms with Crippen LogP contribution in [0.2, 0.25) is 0 Å². The first kappa shape index (κ1) is 13.3. The number of nitrogens with zero attached hydrogens (tertiary/aromatic N) is 1. The Balaban J connectivity index is 2.06. The van der Waals surface area contributed by atoms with Gasteiger partial charge >= 0.3 is 0 Å². The normalized spacial score (nSPS) is 21.7. The molecular weight excluding hydrogens is 234 g/mol. The zero-order valence-corrected chi connectivity index (χ0v) is 11.0. The fraction of sp³-hybridized carbons (Fsp3) is 0.571. The Hall–Kier alpha value is -1.16. The van der Waals surface area contributed by atoms with E-state index in [1.165, 1.54) is 12.1 Å². The van der Waals surface area contributed by atoms with Gasteiger partial charge in [-0.3, -0.25) is 0 Å². The van der Waals surface area contributed by atoms with Crippen LogP contribution in [-0.2, 0) is 0 Å². The third kappa shape index (κ3) is 3.19. The lowest BCUT2D eigenvalue weighted by Crippen LogP contribution is -2.23. The molecule has 1 aliphatic rings. The van der Waals surface area contributed by atoms with E-state index in [4.69, 9.17) is 0 Å². The van der Waals surface area contributed by atoms with Crippen LogP contribution in [0, 0.1) is 18.6 Å². The molecule has 2 rings (SSSR count). The molecule has 0 radical (unpaired) electrons. The molecule has 1 unspecified atom stereocenters. The number of aryl methyl sites for hydroxylation is 1. The summed E-state index contributed by atoms with van der Waals surface area (Å²) in [7, 11) is 2.09. The van der Waals surface area contributed by atoms with Gasteiger partial charge in [0.05, 0.1) is 5.69 Å². The molecule has 1 heterocycles. The van der Waals surface area contributed by atoms with E-state index < -0.39 is 0 Å². The summed E-state index contributed by atoms with van der Waals surface area (Å²) in [4.78, 5) is 2.27. The average Bonchev–Trinajstić information content (AvgIpc) is 2.51. The summed E-state index contributed by atoms with van der Waals surface area (Å²) in [6.07, 6.45) is 3.05. The Morgan fingerprint density at radius 2 is 1.94 bits per heavy atom. The summed E-state index contributed by atoms with van der Waals surface area (Å²) < 4.78 is 27.2. The average molecular weight is 254 g/mol. The molecule has 1 fully saturated rings. The minimum absolute atomic E-state index is 0.228. The van der Waals surface area contributed by atoms with Gasteiger partial charge in [-0.05, 0) is 58.0 Å². The Bertz CT molecular complexity index is 421. The fourth-order valence-corrected chi connectivity index (χ4v) is 2.36. The second-order valence-electron chi connectivity index (χ2n) is 5.16. The summed E-state index contributed by atoms with van der Waals surface area (Å²) in [5.41, 5.74) is 0.631. The monoisotopic (exact) mass is 254 g/mol. The Labute approximate surface area is 107 Å². The van der Waals surface area contributed by atoms with Crippen LogP contribution < -0.4 is 5.32 Å². The van der Waals surface area contributed by atoms with Crippen LogP contribution in [0.1, 0.15) is 24.8 Å². The van der Waals surface area contributed by atoms with Crippen LogP contribution in [0.3, 0.4) is 0 Å². The van der Waals surface area contributed by atoms with Gasteiger partial charge in [-0.2, -0.15) is 0 Å². The molecule has 4 heteroatoms. The van der Waals surface area contributed by atoms with Crippen molar-refractivity contribution in [2.24, 2.45) is 0 Å². The van der Waals surface area contributed by atoms with Gasteiger partial charge in [0, 0.05) is 12.1 Å². The van der Waals surface area contributed by atoms with E-state index in [9.17, 15) is 8.78 Å². The zero-order valence-electron chi connectivity index (χ0n) is 11.0. The van der Waals surface area contributed by atoms with Crippen molar-refractivity contribution in [1.29, 1.82) is 0 Å². The molecule has 0 spiro atoms. The van der Waals surface area contributed by atoms with E-state index in [1.807, 2.05) is 0 Å². The van der Waals surface area contributed by atoms with Crippen molar-refractivity contribution < 1.29 is 8.78 Å². The number of hydrogen-bond acceptors (Lipinski definition) is 2. The lowest BCUT2D eigenvalue weighted by molar-refractivity contribution is 0.348. The van der Waals surface area contributed by atoms with E-state index >= 15 is 0 Å². The molecule has 1 N–H and O–H groups in total. The van der Waals surface area contributed by atoms with E-state index in [0.29, 0.717) is 5.56 Å². The highest BCUT2D eigenvalue weighted by Gasteiger charge is 2.16. The van der Waals surface area contributed by atoms with E-state index in [1.54, 1.807) is 6.92 Å². The molecule has 1 aromatic rings. The number of halogens is 2.